The first-order valence-corrected chi connectivity index (χ1v) is 8.20. The topological polar surface area (TPSA) is 41.5 Å². The highest BCUT2D eigenvalue weighted by atomic mass is 16.2. The van der Waals surface area contributed by atoms with Gasteiger partial charge in [-0.15, -0.1) is 0 Å². The molecule has 3 heteroatoms. The van der Waals surface area contributed by atoms with Crippen molar-refractivity contribution in [1.82, 2.24) is 5.43 Å². The van der Waals surface area contributed by atoms with Gasteiger partial charge in [0, 0.05) is 5.56 Å². The maximum absolute atomic E-state index is 12.2. The molecule has 1 N–H and O–H groups in total. The summed E-state index contributed by atoms with van der Waals surface area (Å²) in [4.78, 5) is 12.2. The number of amides is 1. The molecule has 0 bridgehead atoms. The van der Waals surface area contributed by atoms with E-state index in [-0.39, 0.29) is 5.91 Å². The fourth-order valence-electron chi connectivity index (χ4n) is 2.58. The van der Waals surface area contributed by atoms with Gasteiger partial charge in [-0.1, -0.05) is 72.3 Å². The third kappa shape index (κ3) is 4.21. The predicted octanol–water partition coefficient (Wildman–Crippen LogP) is 4.82. The predicted molar refractivity (Wildman–Crippen MR) is 103 cm³/mol. The number of aryl methyl sites for hydroxylation is 1. The Balaban J connectivity index is 1.71. The van der Waals surface area contributed by atoms with Crippen molar-refractivity contribution in [1.29, 1.82) is 0 Å². The van der Waals surface area contributed by atoms with Crippen molar-refractivity contribution in [2.24, 2.45) is 5.10 Å². The number of hydrazone groups is 1. The van der Waals surface area contributed by atoms with Gasteiger partial charge in [0.2, 0.25) is 0 Å². The fraction of sp³-hybridized carbons (Fsp3) is 0.0909. The van der Waals surface area contributed by atoms with Gasteiger partial charge in [-0.3, -0.25) is 4.79 Å². The Kier molecular flexibility index (Phi) is 5.05. The van der Waals surface area contributed by atoms with Crippen LogP contribution in [0.15, 0.2) is 84.0 Å². The van der Waals surface area contributed by atoms with Crippen LogP contribution in [0.2, 0.25) is 0 Å². The van der Waals surface area contributed by atoms with Crippen LogP contribution < -0.4 is 5.43 Å². The molecule has 0 saturated carbocycles. The van der Waals surface area contributed by atoms with Crippen molar-refractivity contribution in [2.75, 3.05) is 0 Å². The minimum atomic E-state index is -0.205. The molecular weight excluding hydrogens is 308 g/mol. The molecule has 3 nitrogen and oxygen atoms in total. The molecule has 0 heterocycles. The van der Waals surface area contributed by atoms with Crippen LogP contribution in [0.25, 0.3) is 11.1 Å². The van der Waals surface area contributed by atoms with Gasteiger partial charge in [-0.05, 0) is 42.7 Å². The van der Waals surface area contributed by atoms with E-state index in [1.165, 1.54) is 5.56 Å². The average molecular weight is 328 g/mol. The summed E-state index contributed by atoms with van der Waals surface area (Å²) in [5.74, 6) is -0.205. The second kappa shape index (κ2) is 7.58. The summed E-state index contributed by atoms with van der Waals surface area (Å²) in [6, 6.07) is 25.8. The molecular formula is C22H20N2O. The summed E-state index contributed by atoms with van der Waals surface area (Å²) < 4.78 is 0. The lowest BCUT2D eigenvalue weighted by atomic mass is 10.0. The van der Waals surface area contributed by atoms with E-state index >= 15 is 0 Å². The van der Waals surface area contributed by atoms with E-state index < -0.39 is 0 Å². The Hall–Kier alpha value is -3.20. The van der Waals surface area contributed by atoms with Gasteiger partial charge in [-0.25, -0.2) is 5.43 Å². The summed E-state index contributed by atoms with van der Waals surface area (Å²) >= 11 is 0. The average Bonchev–Trinajstić information content (AvgIpc) is 2.66. The summed E-state index contributed by atoms with van der Waals surface area (Å²) in [7, 11) is 0. The van der Waals surface area contributed by atoms with Gasteiger partial charge in [0.15, 0.2) is 0 Å². The van der Waals surface area contributed by atoms with Crippen molar-refractivity contribution in [2.45, 2.75) is 13.8 Å². The lowest BCUT2D eigenvalue weighted by Crippen LogP contribution is -2.19. The second-order valence-corrected chi connectivity index (χ2v) is 5.95. The number of nitrogens with zero attached hydrogens (tertiary/aromatic N) is 1. The first-order valence-electron chi connectivity index (χ1n) is 8.20. The molecule has 0 unspecified atom stereocenters. The second-order valence-electron chi connectivity index (χ2n) is 5.95. The number of carbonyl (C=O) groups excluding carboxylic acids is 1. The molecule has 0 fully saturated rings. The van der Waals surface area contributed by atoms with Crippen LogP contribution in [0.4, 0.5) is 0 Å². The van der Waals surface area contributed by atoms with Gasteiger partial charge in [0.25, 0.3) is 5.91 Å². The maximum Gasteiger partial charge on any atom is 0.271 e. The zero-order chi connectivity index (χ0) is 17.6. The Bertz CT molecular complexity index is 897. The molecule has 3 rings (SSSR count). The van der Waals surface area contributed by atoms with Crippen LogP contribution in [-0.2, 0) is 0 Å². The van der Waals surface area contributed by atoms with E-state index in [2.05, 4.69) is 34.8 Å². The molecule has 0 spiro atoms. The molecule has 124 valence electrons. The van der Waals surface area contributed by atoms with Crippen LogP contribution in [0, 0.1) is 6.92 Å². The first kappa shape index (κ1) is 16.7. The summed E-state index contributed by atoms with van der Waals surface area (Å²) in [6.45, 7) is 3.84. The fourth-order valence-corrected chi connectivity index (χ4v) is 2.58. The van der Waals surface area contributed by atoms with Crippen LogP contribution >= 0.6 is 0 Å². The molecule has 0 aliphatic rings. The summed E-state index contributed by atoms with van der Waals surface area (Å²) in [5, 5.41) is 4.22. The molecule has 0 aliphatic heterocycles. The Morgan fingerprint density at radius 2 is 1.48 bits per heavy atom. The SMILES string of the molecule is CC(=NNC(=O)c1cccc(C)c1)c1ccc(-c2ccccc2)cc1. The zero-order valence-electron chi connectivity index (χ0n) is 14.4. The van der Waals surface area contributed by atoms with Gasteiger partial charge in [0.05, 0.1) is 5.71 Å². The van der Waals surface area contributed by atoms with Gasteiger partial charge in [-0.2, -0.15) is 5.10 Å². The smallest absolute Gasteiger partial charge is 0.267 e. The summed E-state index contributed by atoms with van der Waals surface area (Å²) in [6.07, 6.45) is 0. The van der Waals surface area contributed by atoms with E-state index in [0.717, 1.165) is 22.4 Å². The molecule has 1 amide bonds. The van der Waals surface area contributed by atoms with Gasteiger partial charge in [0.1, 0.15) is 0 Å². The van der Waals surface area contributed by atoms with Crippen LogP contribution in [0.5, 0.6) is 0 Å². The van der Waals surface area contributed by atoms with Crippen LogP contribution in [0.3, 0.4) is 0 Å². The van der Waals surface area contributed by atoms with E-state index in [0.29, 0.717) is 5.56 Å². The molecule has 25 heavy (non-hydrogen) atoms. The molecule has 0 aromatic heterocycles. The molecule has 0 atom stereocenters. The van der Waals surface area contributed by atoms with Crippen molar-refractivity contribution in [3.8, 4) is 11.1 Å². The zero-order valence-corrected chi connectivity index (χ0v) is 14.4. The first-order chi connectivity index (χ1) is 12.1. The van der Waals surface area contributed by atoms with Crippen molar-refractivity contribution < 1.29 is 4.79 Å². The molecule has 3 aromatic carbocycles. The standard InChI is InChI=1S/C22H20N2O/c1-16-7-6-10-21(15-16)22(25)24-23-17(2)18-11-13-20(14-12-18)19-8-4-3-5-9-19/h3-15H,1-2H3,(H,24,25). The lowest BCUT2D eigenvalue weighted by molar-refractivity contribution is 0.0954. The number of hydrogen-bond donors (Lipinski definition) is 1. The number of rotatable bonds is 4. The normalized spacial score (nSPS) is 11.2. The minimum Gasteiger partial charge on any atom is -0.267 e. The molecule has 3 aromatic rings. The quantitative estimate of drug-likeness (QED) is 0.541. The number of nitrogens with one attached hydrogen (secondary N) is 1. The van der Waals surface area contributed by atoms with Gasteiger partial charge < -0.3 is 0 Å². The van der Waals surface area contributed by atoms with Crippen LogP contribution in [-0.4, -0.2) is 11.6 Å². The molecule has 0 saturated heterocycles. The van der Waals surface area contributed by atoms with Crippen molar-refractivity contribution >= 4 is 11.6 Å². The molecule has 0 aliphatic carbocycles. The highest BCUT2D eigenvalue weighted by molar-refractivity contribution is 6.01. The van der Waals surface area contributed by atoms with E-state index in [4.69, 9.17) is 0 Å². The lowest BCUT2D eigenvalue weighted by Gasteiger charge is -2.06. The largest absolute Gasteiger partial charge is 0.271 e. The number of hydrogen-bond acceptors (Lipinski definition) is 2. The van der Waals surface area contributed by atoms with Crippen molar-refractivity contribution in [3.63, 3.8) is 0 Å². The third-order valence-corrected chi connectivity index (χ3v) is 4.02. The number of benzene rings is 3. The summed E-state index contributed by atoms with van der Waals surface area (Å²) in [5.41, 5.74) is 8.34. The van der Waals surface area contributed by atoms with Gasteiger partial charge >= 0.3 is 0 Å². The van der Waals surface area contributed by atoms with E-state index in [1.54, 1.807) is 6.07 Å². The van der Waals surface area contributed by atoms with E-state index in [1.807, 2.05) is 62.4 Å². The minimum absolute atomic E-state index is 0.205. The highest BCUT2D eigenvalue weighted by Crippen LogP contribution is 2.19. The Morgan fingerprint density at radius 3 is 2.16 bits per heavy atom. The van der Waals surface area contributed by atoms with Crippen LogP contribution in [0.1, 0.15) is 28.4 Å². The highest BCUT2D eigenvalue weighted by Gasteiger charge is 2.05. The number of carbonyl (C=O) groups is 1. The van der Waals surface area contributed by atoms with E-state index in [9.17, 15) is 4.79 Å². The Morgan fingerprint density at radius 1 is 0.800 bits per heavy atom. The Labute approximate surface area is 148 Å². The third-order valence-electron chi connectivity index (χ3n) is 4.02. The maximum atomic E-state index is 12.2. The molecule has 0 radical (unpaired) electrons. The van der Waals surface area contributed by atoms with Crippen molar-refractivity contribution in [3.05, 3.63) is 95.6 Å². The monoisotopic (exact) mass is 328 g/mol.